The molecule has 0 atom stereocenters. The standard InChI is InChI=1S/C22H33N3O3/c1-15(2)12-25-13-18(20(26)19(14-25)22(28)24-16(3)4)21(27)23-11-10-17-8-6-5-7-9-17/h8,13-16H,5-7,9-12H2,1-4H3,(H,23,27)(H,24,28). The van der Waals surface area contributed by atoms with Gasteiger partial charge in [-0.25, -0.2) is 0 Å². The first-order valence-corrected chi connectivity index (χ1v) is 10.3. The molecule has 1 aromatic rings. The van der Waals surface area contributed by atoms with Crippen LogP contribution in [-0.2, 0) is 6.54 Å². The van der Waals surface area contributed by atoms with Crippen molar-refractivity contribution in [3.8, 4) is 0 Å². The highest BCUT2D eigenvalue weighted by molar-refractivity contribution is 5.99. The van der Waals surface area contributed by atoms with Crippen molar-refractivity contribution in [3.05, 3.63) is 45.4 Å². The molecule has 0 radical (unpaired) electrons. The Balaban J connectivity index is 2.20. The van der Waals surface area contributed by atoms with Crippen LogP contribution in [0.4, 0.5) is 0 Å². The van der Waals surface area contributed by atoms with E-state index in [0.717, 1.165) is 19.3 Å². The topological polar surface area (TPSA) is 80.2 Å². The number of nitrogens with one attached hydrogen (secondary N) is 2. The number of hydrogen-bond donors (Lipinski definition) is 2. The molecule has 1 aliphatic rings. The summed E-state index contributed by atoms with van der Waals surface area (Å²) < 4.78 is 1.76. The Morgan fingerprint density at radius 2 is 1.75 bits per heavy atom. The van der Waals surface area contributed by atoms with Crippen LogP contribution in [0.3, 0.4) is 0 Å². The van der Waals surface area contributed by atoms with Crippen LogP contribution in [0, 0.1) is 5.92 Å². The van der Waals surface area contributed by atoms with Crippen molar-refractivity contribution in [2.24, 2.45) is 5.92 Å². The Bertz CT molecular complexity index is 791. The van der Waals surface area contributed by atoms with E-state index in [1.54, 1.807) is 17.0 Å². The van der Waals surface area contributed by atoms with E-state index in [-0.39, 0.29) is 17.2 Å². The first-order valence-electron chi connectivity index (χ1n) is 10.3. The highest BCUT2D eigenvalue weighted by Gasteiger charge is 2.20. The summed E-state index contributed by atoms with van der Waals surface area (Å²) in [6, 6.07) is -0.0910. The molecule has 0 unspecified atom stereocenters. The molecular weight excluding hydrogens is 354 g/mol. The van der Waals surface area contributed by atoms with Crippen molar-refractivity contribution in [2.75, 3.05) is 6.54 Å². The minimum Gasteiger partial charge on any atom is -0.352 e. The lowest BCUT2D eigenvalue weighted by atomic mass is 9.97. The molecule has 0 saturated heterocycles. The maximum Gasteiger partial charge on any atom is 0.256 e. The highest BCUT2D eigenvalue weighted by atomic mass is 16.2. The summed E-state index contributed by atoms with van der Waals surface area (Å²) in [4.78, 5) is 37.9. The lowest BCUT2D eigenvalue weighted by molar-refractivity contribution is 0.0941. The van der Waals surface area contributed by atoms with Gasteiger partial charge in [0, 0.05) is 31.5 Å². The van der Waals surface area contributed by atoms with E-state index in [1.165, 1.54) is 18.4 Å². The number of hydrogen-bond acceptors (Lipinski definition) is 3. The molecule has 0 fully saturated rings. The fraction of sp³-hybridized carbons (Fsp3) is 0.591. The third-order valence-electron chi connectivity index (χ3n) is 4.68. The second kappa shape index (κ2) is 10.2. The Morgan fingerprint density at radius 1 is 1.07 bits per heavy atom. The van der Waals surface area contributed by atoms with Crippen molar-refractivity contribution >= 4 is 11.8 Å². The van der Waals surface area contributed by atoms with Crippen molar-refractivity contribution < 1.29 is 9.59 Å². The number of aromatic nitrogens is 1. The summed E-state index contributed by atoms with van der Waals surface area (Å²) in [5.41, 5.74) is 0.882. The number of allylic oxidation sites excluding steroid dienone is 1. The predicted octanol–water partition coefficient (Wildman–Crippen LogP) is 3.26. The second-order valence-electron chi connectivity index (χ2n) is 8.25. The molecule has 28 heavy (non-hydrogen) atoms. The lowest BCUT2D eigenvalue weighted by Gasteiger charge is -2.15. The molecule has 0 aromatic carbocycles. The van der Waals surface area contributed by atoms with E-state index < -0.39 is 17.2 Å². The summed E-state index contributed by atoms with van der Waals surface area (Å²) in [6.07, 6.45) is 10.8. The van der Waals surface area contributed by atoms with Gasteiger partial charge in [0.15, 0.2) is 0 Å². The Labute approximate surface area is 167 Å². The summed E-state index contributed by atoms with van der Waals surface area (Å²) in [5, 5.41) is 5.59. The molecule has 0 spiro atoms. The summed E-state index contributed by atoms with van der Waals surface area (Å²) in [6.45, 7) is 8.88. The molecule has 6 nitrogen and oxygen atoms in total. The van der Waals surface area contributed by atoms with Gasteiger partial charge in [-0.1, -0.05) is 25.5 Å². The number of rotatable bonds is 8. The number of carbonyl (C=O) groups excluding carboxylic acids is 2. The fourth-order valence-corrected chi connectivity index (χ4v) is 3.39. The first-order chi connectivity index (χ1) is 13.3. The van der Waals surface area contributed by atoms with Crippen LogP contribution in [0.2, 0.25) is 0 Å². The Hall–Kier alpha value is -2.37. The maximum absolute atomic E-state index is 12.8. The van der Waals surface area contributed by atoms with Crippen LogP contribution < -0.4 is 16.1 Å². The molecule has 0 saturated carbocycles. The third kappa shape index (κ3) is 6.36. The van der Waals surface area contributed by atoms with E-state index in [9.17, 15) is 14.4 Å². The molecule has 0 aliphatic heterocycles. The van der Waals surface area contributed by atoms with Gasteiger partial charge in [0.05, 0.1) is 0 Å². The van der Waals surface area contributed by atoms with Gasteiger partial charge in [-0.05, 0) is 51.9 Å². The van der Waals surface area contributed by atoms with E-state index in [4.69, 9.17) is 0 Å². The van der Waals surface area contributed by atoms with Gasteiger partial charge >= 0.3 is 0 Å². The van der Waals surface area contributed by atoms with Crippen LogP contribution in [0.5, 0.6) is 0 Å². The van der Waals surface area contributed by atoms with Crippen LogP contribution in [0.25, 0.3) is 0 Å². The molecule has 2 amide bonds. The van der Waals surface area contributed by atoms with Gasteiger partial charge in [-0.2, -0.15) is 0 Å². The molecule has 6 heteroatoms. The number of carbonyl (C=O) groups is 2. The van der Waals surface area contributed by atoms with Gasteiger partial charge in [0.25, 0.3) is 11.8 Å². The largest absolute Gasteiger partial charge is 0.352 e. The fourth-order valence-electron chi connectivity index (χ4n) is 3.39. The average Bonchev–Trinajstić information content (AvgIpc) is 2.62. The maximum atomic E-state index is 12.8. The monoisotopic (exact) mass is 387 g/mol. The molecule has 2 rings (SSSR count). The van der Waals surface area contributed by atoms with Crippen molar-refractivity contribution in [1.82, 2.24) is 15.2 Å². The smallest absolute Gasteiger partial charge is 0.256 e. The molecule has 1 aliphatic carbocycles. The van der Waals surface area contributed by atoms with Gasteiger partial charge in [-0.3, -0.25) is 14.4 Å². The number of nitrogens with zero attached hydrogens (tertiary/aromatic N) is 1. The van der Waals surface area contributed by atoms with Crippen LogP contribution in [0.15, 0.2) is 28.8 Å². The Morgan fingerprint density at radius 3 is 2.32 bits per heavy atom. The second-order valence-corrected chi connectivity index (χ2v) is 8.25. The van der Waals surface area contributed by atoms with Gasteiger partial charge in [0.2, 0.25) is 5.43 Å². The van der Waals surface area contributed by atoms with Gasteiger partial charge < -0.3 is 15.2 Å². The van der Waals surface area contributed by atoms with E-state index >= 15 is 0 Å². The van der Waals surface area contributed by atoms with E-state index in [1.807, 2.05) is 27.7 Å². The van der Waals surface area contributed by atoms with E-state index in [0.29, 0.717) is 19.0 Å². The summed E-state index contributed by atoms with van der Waals surface area (Å²) in [5.74, 6) is -0.546. The van der Waals surface area contributed by atoms with Crippen LogP contribution >= 0.6 is 0 Å². The molecule has 1 aromatic heterocycles. The third-order valence-corrected chi connectivity index (χ3v) is 4.68. The Kier molecular flexibility index (Phi) is 8.03. The van der Waals surface area contributed by atoms with Crippen LogP contribution in [0.1, 0.15) is 80.5 Å². The minimum atomic E-state index is -0.521. The van der Waals surface area contributed by atoms with Crippen molar-refractivity contribution in [2.45, 2.75) is 72.4 Å². The quantitative estimate of drug-likeness (QED) is 0.672. The zero-order valence-corrected chi connectivity index (χ0v) is 17.5. The molecular formula is C22H33N3O3. The molecule has 2 N–H and O–H groups in total. The van der Waals surface area contributed by atoms with Crippen molar-refractivity contribution in [1.29, 1.82) is 0 Å². The normalized spacial score (nSPS) is 14.1. The number of pyridine rings is 1. The summed E-state index contributed by atoms with van der Waals surface area (Å²) in [7, 11) is 0. The van der Waals surface area contributed by atoms with Crippen LogP contribution in [-0.4, -0.2) is 29.0 Å². The average molecular weight is 388 g/mol. The zero-order chi connectivity index (χ0) is 20.7. The zero-order valence-electron chi connectivity index (χ0n) is 17.5. The molecule has 0 bridgehead atoms. The van der Waals surface area contributed by atoms with Crippen molar-refractivity contribution in [3.63, 3.8) is 0 Å². The minimum absolute atomic E-state index is 0.0111. The highest BCUT2D eigenvalue weighted by Crippen LogP contribution is 2.19. The predicted molar refractivity (Wildman–Crippen MR) is 112 cm³/mol. The molecule has 1 heterocycles. The van der Waals surface area contributed by atoms with Gasteiger partial charge in [0.1, 0.15) is 11.1 Å². The number of amides is 2. The SMILES string of the molecule is CC(C)Cn1cc(C(=O)NCCC2=CCCCC2)c(=O)c(C(=O)NC(C)C)c1. The molecule has 154 valence electrons. The van der Waals surface area contributed by atoms with E-state index in [2.05, 4.69) is 16.7 Å². The van der Waals surface area contributed by atoms with Gasteiger partial charge in [-0.15, -0.1) is 0 Å². The lowest BCUT2D eigenvalue weighted by Crippen LogP contribution is -2.38. The summed E-state index contributed by atoms with van der Waals surface area (Å²) >= 11 is 0. The first kappa shape index (κ1) is 21.9.